The molecular weight excluding hydrogens is 451 g/mol. The Morgan fingerprint density at radius 1 is 1.07 bits per heavy atom. The van der Waals surface area contributed by atoms with E-state index in [1.165, 1.54) is 6.07 Å². The van der Waals surface area contributed by atoms with Crippen LogP contribution in [0.2, 0.25) is 0 Å². The molecule has 1 aromatic carbocycles. The molecule has 0 aliphatic carbocycles. The predicted octanol–water partition coefficient (Wildman–Crippen LogP) is 4.34. The third-order valence-corrected chi connectivity index (χ3v) is 5.26. The van der Waals surface area contributed by atoms with Crippen LogP contribution in [0.3, 0.4) is 0 Å². The lowest BCUT2D eigenvalue weighted by molar-refractivity contribution is 0.686. The second-order valence-corrected chi connectivity index (χ2v) is 7.96. The van der Waals surface area contributed by atoms with Crippen LogP contribution in [0.15, 0.2) is 59.5 Å². The van der Waals surface area contributed by atoms with Crippen LogP contribution in [0.4, 0.5) is 0 Å². The molecule has 0 aliphatic rings. The molecule has 0 atom stereocenters. The Hall–Kier alpha value is -2.79. The molecule has 27 heavy (non-hydrogen) atoms. The maximum Gasteiger partial charge on any atom is 0.255 e. The predicted molar refractivity (Wildman–Crippen MR) is 114 cm³/mol. The normalized spacial score (nSPS) is 11.6. The fourth-order valence-electron chi connectivity index (χ4n) is 3.09. The van der Waals surface area contributed by atoms with Gasteiger partial charge in [0.05, 0.1) is 22.5 Å². The van der Waals surface area contributed by atoms with Crippen molar-refractivity contribution >= 4 is 44.5 Å². The second kappa shape index (κ2) is 6.43. The zero-order chi connectivity index (χ0) is 19.2. The van der Waals surface area contributed by atoms with Crippen molar-refractivity contribution in [3.05, 3.63) is 74.3 Å². The molecule has 0 saturated carbocycles. The minimum Gasteiger partial charge on any atom is -0.275 e. The number of hydrogen-bond acceptors (Lipinski definition) is 4. The van der Waals surface area contributed by atoms with E-state index in [-0.39, 0.29) is 5.56 Å². The summed E-state index contributed by atoms with van der Waals surface area (Å²) in [4.78, 5) is 21.8. The van der Waals surface area contributed by atoms with Gasteiger partial charge in [-0.05, 0) is 72.3 Å². The minimum absolute atomic E-state index is 0.136. The smallest absolute Gasteiger partial charge is 0.255 e. The summed E-state index contributed by atoms with van der Waals surface area (Å²) in [6, 6.07) is 16.9. The Balaban J connectivity index is 2.04. The molecule has 5 nitrogen and oxygen atoms in total. The first-order valence-electron chi connectivity index (χ1n) is 8.40. The molecular formula is C21H15IN4O. The van der Waals surface area contributed by atoms with Crippen molar-refractivity contribution in [3.8, 4) is 11.8 Å². The van der Waals surface area contributed by atoms with Crippen LogP contribution < -0.4 is 5.56 Å². The number of halogens is 1. The lowest BCUT2D eigenvalue weighted by atomic mass is 9.86. The van der Waals surface area contributed by atoms with Crippen molar-refractivity contribution in [2.24, 2.45) is 0 Å². The van der Waals surface area contributed by atoms with Crippen LogP contribution in [0.25, 0.3) is 27.6 Å². The summed E-state index contributed by atoms with van der Waals surface area (Å²) in [5.41, 5.74) is 3.08. The number of aromatic nitrogens is 3. The molecule has 4 aromatic rings. The van der Waals surface area contributed by atoms with Gasteiger partial charge in [-0.25, -0.2) is 4.98 Å². The molecule has 0 radical (unpaired) electrons. The molecule has 132 valence electrons. The van der Waals surface area contributed by atoms with E-state index >= 15 is 0 Å². The Labute approximate surface area is 169 Å². The van der Waals surface area contributed by atoms with E-state index in [0.717, 1.165) is 31.4 Å². The SMILES string of the molecule is CC(C)(C#N)c1ccc(-n2c(=O)ccc3cnc4ccc(I)nc4c32)cc1. The molecule has 0 amide bonds. The number of pyridine rings is 3. The molecule has 0 bridgehead atoms. The zero-order valence-corrected chi connectivity index (χ0v) is 16.9. The monoisotopic (exact) mass is 466 g/mol. The van der Waals surface area contributed by atoms with Gasteiger partial charge in [0.15, 0.2) is 0 Å². The first-order valence-corrected chi connectivity index (χ1v) is 9.48. The van der Waals surface area contributed by atoms with Crippen LogP contribution in [-0.4, -0.2) is 14.5 Å². The van der Waals surface area contributed by atoms with E-state index in [0.29, 0.717) is 5.52 Å². The van der Waals surface area contributed by atoms with Crippen molar-refractivity contribution in [2.75, 3.05) is 0 Å². The summed E-state index contributed by atoms with van der Waals surface area (Å²) in [7, 11) is 0. The summed E-state index contributed by atoms with van der Waals surface area (Å²) in [5, 5.41) is 10.2. The van der Waals surface area contributed by atoms with Gasteiger partial charge in [0.1, 0.15) is 9.22 Å². The van der Waals surface area contributed by atoms with E-state index in [1.54, 1.807) is 16.8 Å². The molecule has 0 saturated heterocycles. The Bertz CT molecular complexity index is 1280. The summed E-state index contributed by atoms with van der Waals surface area (Å²) in [6.07, 6.45) is 1.76. The van der Waals surface area contributed by atoms with Crippen molar-refractivity contribution in [1.82, 2.24) is 14.5 Å². The van der Waals surface area contributed by atoms with E-state index in [4.69, 9.17) is 0 Å². The van der Waals surface area contributed by atoms with E-state index in [9.17, 15) is 10.1 Å². The molecule has 0 N–H and O–H groups in total. The van der Waals surface area contributed by atoms with Crippen molar-refractivity contribution in [2.45, 2.75) is 19.3 Å². The van der Waals surface area contributed by atoms with Crippen LogP contribution in [-0.2, 0) is 5.41 Å². The van der Waals surface area contributed by atoms with Crippen molar-refractivity contribution in [1.29, 1.82) is 5.26 Å². The van der Waals surface area contributed by atoms with Gasteiger partial charge in [-0.15, -0.1) is 0 Å². The second-order valence-electron chi connectivity index (χ2n) is 6.85. The third-order valence-electron chi connectivity index (χ3n) is 4.66. The Kier molecular flexibility index (Phi) is 4.19. The van der Waals surface area contributed by atoms with Crippen molar-refractivity contribution < 1.29 is 0 Å². The molecule has 0 unspecified atom stereocenters. The van der Waals surface area contributed by atoms with Gasteiger partial charge in [-0.1, -0.05) is 12.1 Å². The average Bonchev–Trinajstić information content (AvgIpc) is 2.68. The van der Waals surface area contributed by atoms with Gasteiger partial charge >= 0.3 is 0 Å². The first kappa shape index (κ1) is 17.6. The molecule has 4 rings (SSSR count). The van der Waals surface area contributed by atoms with Gasteiger partial charge in [0, 0.05) is 23.3 Å². The molecule has 6 heteroatoms. The fraction of sp³-hybridized carbons (Fsp3) is 0.143. The van der Waals surface area contributed by atoms with Gasteiger partial charge < -0.3 is 0 Å². The van der Waals surface area contributed by atoms with E-state index < -0.39 is 5.41 Å². The lowest BCUT2D eigenvalue weighted by Crippen LogP contribution is -2.19. The highest BCUT2D eigenvalue weighted by Gasteiger charge is 2.20. The molecule has 0 spiro atoms. The standard InChI is InChI=1S/C21H15IN4O/c1-21(2,12-23)14-4-6-15(7-5-14)26-18(27)10-3-13-11-24-16-8-9-17(22)25-19(16)20(13)26/h3-11H,1-2H3. The maximum atomic E-state index is 12.8. The summed E-state index contributed by atoms with van der Waals surface area (Å²) < 4.78 is 2.49. The number of hydrogen-bond donors (Lipinski definition) is 0. The maximum absolute atomic E-state index is 12.8. The first-order chi connectivity index (χ1) is 12.9. The Morgan fingerprint density at radius 2 is 1.81 bits per heavy atom. The number of fused-ring (bicyclic) bond motifs is 3. The molecule has 0 fully saturated rings. The molecule has 3 aromatic heterocycles. The van der Waals surface area contributed by atoms with Crippen LogP contribution >= 0.6 is 22.6 Å². The highest BCUT2D eigenvalue weighted by atomic mass is 127. The minimum atomic E-state index is -0.587. The van der Waals surface area contributed by atoms with Crippen LogP contribution in [0, 0.1) is 15.0 Å². The largest absolute Gasteiger partial charge is 0.275 e. The Morgan fingerprint density at radius 3 is 2.52 bits per heavy atom. The topological polar surface area (TPSA) is 71.6 Å². The highest BCUT2D eigenvalue weighted by molar-refractivity contribution is 14.1. The van der Waals surface area contributed by atoms with E-state index in [2.05, 4.69) is 38.6 Å². The summed E-state index contributed by atoms with van der Waals surface area (Å²) in [6.45, 7) is 3.74. The highest BCUT2D eigenvalue weighted by Crippen LogP contribution is 2.26. The molecule has 0 aliphatic heterocycles. The quantitative estimate of drug-likeness (QED) is 0.250. The molecule has 3 heterocycles. The summed E-state index contributed by atoms with van der Waals surface area (Å²) >= 11 is 2.16. The number of nitrogens with zero attached hydrogens (tertiary/aromatic N) is 4. The van der Waals surface area contributed by atoms with Crippen LogP contribution in [0.5, 0.6) is 0 Å². The third kappa shape index (κ3) is 2.98. The van der Waals surface area contributed by atoms with Crippen molar-refractivity contribution in [3.63, 3.8) is 0 Å². The fourth-order valence-corrected chi connectivity index (χ4v) is 3.52. The number of rotatable bonds is 2. The summed E-state index contributed by atoms with van der Waals surface area (Å²) in [5.74, 6) is 0. The zero-order valence-electron chi connectivity index (χ0n) is 14.8. The average molecular weight is 466 g/mol. The number of benzene rings is 1. The number of nitriles is 1. The van der Waals surface area contributed by atoms with Gasteiger partial charge in [0.2, 0.25) is 0 Å². The van der Waals surface area contributed by atoms with Gasteiger partial charge in [-0.3, -0.25) is 14.3 Å². The van der Waals surface area contributed by atoms with Gasteiger partial charge in [0.25, 0.3) is 5.56 Å². The van der Waals surface area contributed by atoms with E-state index in [1.807, 2.05) is 50.2 Å². The van der Waals surface area contributed by atoms with Gasteiger partial charge in [-0.2, -0.15) is 5.26 Å². The lowest BCUT2D eigenvalue weighted by Gasteiger charge is -2.17. The van der Waals surface area contributed by atoms with Crippen LogP contribution in [0.1, 0.15) is 19.4 Å².